The predicted octanol–water partition coefficient (Wildman–Crippen LogP) is 9.09. The fourth-order valence-corrected chi connectivity index (χ4v) is 8.97. The van der Waals surface area contributed by atoms with Gasteiger partial charge >= 0.3 is 12.3 Å². The first-order valence-electron chi connectivity index (χ1n) is 22.3. The molecule has 20 atom stereocenters. The lowest BCUT2D eigenvalue weighted by molar-refractivity contribution is -0.319. The van der Waals surface area contributed by atoms with Gasteiger partial charge in [-0.05, 0) is 72.9 Å². The predicted molar refractivity (Wildman–Crippen MR) is 243 cm³/mol. The van der Waals surface area contributed by atoms with Crippen molar-refractivity contribution in [3.63, 3.8) is 0 Å². The summed E-state index contributed by atoms with van der Waals surface area (Å²) in [5.74, 6) is -0.0647. The SMILES string of the molecule is CCC1O[C@H](O[C@@H]2C(C)OC(OC(=N)C(Cl)(Cl)Cl)C(OCc3ccccc3)[C@H]2C)C(N=[N+]=[N-])[C@@H](C)[C@@H]1C.CCC1O[C@H](O[C@@H]2C(C)O[C@H](O)C(C)[C@H]2C)C(N=[N+]=[N-])[C@@H](C)[C@@H]1C.O=C=O.O=C=O. The van der Waals surface area contributed by atoms with Crippen molar-refractivity contribution in [1.29, 1.82) is 5.41 Å². The molecule has 0 amide bonds. The molecule has 4 heterocycles. The van der Waals surface area contributed by atoms with E-state index >= 15 is 0 Å². The molecule has 0 spiro atoms. The summed E-state index contributed by atoms with van der Waals surface area (Å²) in [6.45, 7) is 22.4. The molecule has 0 radical (unpaired) electrons. The average Bonchev–Trinajstić information content (AvgIpc) is 3.28. The van der Waals surface area contributed by atoms with E-state index in [2.05, 4.69) is 54.7 Å². The van der Waals surface area contributed by atoms with Gasteiger partial charge in [0.05, 0.1) is 55.3 Å². The van der Waals surface area contributed by atoms with Gasteiger partial charge in [0.2, 0.25) is 12.2 Å². The Morgan fingerprint density at radius 2 is 1.10 bits per heavy atom. The number of nitrogens with zero attached hydrogens (tertiary/aromatic N) is 6. The van der Waals surface area contributed by atoms with Crippen molar-refractivity contribution < 1.29 is 62.2 Å². The summed E-state index contributed by atoms with van der Waals surface area (Å²) < 4.78 is 46.8. The molecule has 20 nitrogen and oxygen atoms in total. The van der Waals surface area contributed by atoms with Gasteiger partial charge in [0.15, 0.2) is 18.9 Å². The average molecular weight is 1010 g/mol. The Bertz CT molecular complexity index is 1820. The Hall–Kier alpha value is -3.38. The maximum atomic E-state index is 9.96. The van der Waals surface area contributed by atoms with Crippen LogP contribution in [0.4, 0.5) is 0 Å². The van der Waals surface area contributed by atoms with Crippen LogP contribution in [0.25, 0.3) is 20.9 Å². The summed E-state index contributed by atoms with van der Waals surface area (Å²) in [6.07, 6.45) is -3.04. The van der Waals surface area contributed by atoms with Crippen molar-refractivity contribution in [1.82, 2.24) is 0 Å². The number of hydrogen-bond acceptors (Lipinski definition) is 16. The van der Waals surface area contributed by atoms with Crippen molar-refractivity contribution >= 4 is 53.0 Å². The van der Waals surface area contributed by atoms with Crippen molar-refractivity contribution in [3.05, 3.63) is 56.8 Å². The van der Waals surface area contributed by atoms with E-state index in [1.54, 1.807) is 0 Å². The van der Waals surface area contributed by atoms with E-state index in [1.165, 1.54) is 0 Å². The molecule has 5 rings (SSSR count). The number of aliphatic hydroxyl groups excluding tert-OH is 1. The second kappa shape index (κ2) is 29.0. The Morgan fingerprint density at radius 3 is 1.52 bits per heavy atom. The largest absolute Gasteiger partial charge is 0.445 e. The van der Waals surface area contributed by atoms with Crippen LogP contribution in [0.15, 0.2) is 40.6 Å². The van der Waals surface area contributed by atoms with Crippen LogP contribution in [-0.2, 0) is 63.7 Å². The number of nitrogens with one attached hydrogen (secondary N) is 1. The highest BCUT2D eigenvalue weighted by atomic mass is 35.6. The standard InChI is InChI=1S/C25H35Cl3N4O5.C17H31N3O4.2CO2/c1-6-18-13(2)14(3)19(31-32-30)22(35-18)36-20-15(4)21(33-12-17-10-8-7-9-11-17)23(34-16(20)5)37-24(29)25(26,27)28;1-7-13-8(2)9(3)14(19-20-18)17(23-13)24-15-10(4)11(5)16(21)22-12(15)6;2*2-1-3/h7-11,13-16,18-23,29H,6,12H2,1-5H3;8-17,21H,7H2,1-6H3;;/t13-,14-,15-,16?,18?,19?,20-,21?,22+,23?;8-,9-,10+,11?,12?,13?,14?,15-,16-,17+;;/m00../s1. The number of halogens is 3. The highest BCUT2D eigenvalue weighted by Crippen LogP contribution is 2.41. The topological polar surface area (TPSA) is 284 Å². The van der Waals surface area contributed by atoms with Gasteiger partial charge in [0.1, 0.15) is 6.10 Å². The number of hydrogen-bond donors (Lipinski definition) is 2. The number of ether oxygens (including phenoxy) is 8. The molecule has 0 aromatic heterocycles. The van der Waals surface area contributed by atoms with Gasteiger partial charge in [-0.25, -0.2) is 0 Å². The third-order valence-electron chi connectivity index (χ3n) is 13.3. The van der Waals surface area contributed by atoms with Gasteiger partial charge in [-0.1, -0.05) is 138 Å². The molecule has 23 heteroatoms. The van der Waals surface area contributed by atoms with Gasteiger partial charge in [-0.15, -0.1) is 0 Å². The first kappa shape index (κ1) is 59.7. The van der Waals surface area contributed by atoms with E-state index < -0.39 is 59.2 Å². The second-order valence-corrected chi connectivity index (χ2v) is 19.6. The van der Waals surface area contributed by atoms with E-state index in [0.29, 0.717) is 5.92 Å². The van der Waals surface area contributed by atoms with Crippen LogP contribution in [0.2, 0.25) is 0 Å². The first-order chi connectivity index (χ1) is 31.6. The molecule has 2 N–H and O–H groups in total. The smallest absolute Gasteiger partial charge is 0.373 e. The van der Waals surface area contributed by atoms with Crippen LogP contribution in [0.1, 0.15) is 94.6 Å². The minimum atomic E-state index is -2.05. The lowest BCUT2D eigenvalue weighted by Crippen LogP contribution is -2.59. The molecule has 376 valence electrons. The van der Waals surface area contributed by atoms with Gasteiger partial charge in [-0.3, -0.25) is 5.41 Å². The van der Waals surface area contributed by atoms with E-state index in [4.69, 9.17) is 103 Å². The fourth-order valence-electron chi connectivity index (χ4n) is 8.84. The number of rotatable bonds is 12. The quantitative estimate of drug-likeness (QED) is 0.0494. The highest BCUT2D eigenvalue weighted by Gasteiger charge is 2.50. The molecular weight excluding hydrogens is 941 g/mol. The summed E-state index contributed by atoms with van der Waals surface area (Å²) in [6, 6.07) is 8.78. The van der Waals surface area contributed by atoms with Crippen molar-refractivity contribution in [2.24, 2.45) is 51.7 Å². The van der Waals surface area contributed by atoms with Gasteiger partial charge < -0.3 is 43.0 Å². The molecule has 0 saturated carbocycles. The minimum absolute atomic E-state index is 0.0359. The molecule has 4 saturated heterocycles. The molecule has 9 unspecified atom stereocenters. The summed E-state index contributed by atoms with van der Waals surface area (Å²) in [4.78, 5) is 38.5. The lowest BCUT2D eigenvalue weighted by atomic mass is 9.81. The number of benzene rings is 1. The number of carbonyl (C=O) groups excluding carboxylic acids is 4. The van der Waals surface area contributed by atoms with Crippen LogP contribution in [-0.4, -0.2) is 107 Å². The van der Waals surface area contributed by atoms with Crippen LogP contribution in [0.3, 0.4) is 0 Å². The third-order valence-corrected chi connectivity index (χ3v) is 13.9. The van der Waals surface area contributed by atoms with E-state index in [9.17, 15) is 10.6 Å². The van der Waals surface area contributed by atoms with Crippen LogP contribution < -0.4 is 0 Å². The summed E-state index contributed by atoms with van der Waals surface area (Å²) in [5.41, 5.74) is 19.1. The molecule has 4 aliphatic heterocycles. The zero-order chi connectivity index (χ0) is 50.8. The Balaban J connectivity index is 0.000000441. The molecule has 67 heavy (non-hydrogen) atoms. The first-order valence-corrected chi connectivity index (χ1v) is 23.4. The maximum absolute atomic E-state index is 9.96. The number of aliphatic hydroxyl groups is 1. The Labute approximate surface area is 407 Å². The Morgan fingerprint density at radius 1 is 0.672 bits per heavy atom. The van der Waals surface area contributed by atoms with Crippen LogP contribution >= 0.6 is 34.8 Å². The van der Waals surface area contributed by atoms with Crippen LogP contribution in [0, 0.1) is 46.8 Å². The van der Waals surface area contributed by atoms with Gasteiger partial charge in [0.25, 0.3) is 3.79 Å². The monoisotopic (exact) mass is 1010 g/mol. The van der Waals surface area contributed by atoms with Gasteiger partial charge in [0, 0.05) is 21.7 Å². The second-order valence-electron chi connectivity index (χ2n) is 17.3. The van der Waals surface area contributed by atoms with E-state index in [0.717, 1.165) is 18.4 Å². The number of azide groups is 2. The highest BCUT2D eigenvalue weighted by molar-refractivity contribution is 6.76. The van der Waals surface area contributed by atoms with Crippen molar-refractivity contribution in [2.75, 3.05) is 0 Å². The molecule has 1 aromatic rings. The van der Waals surface area contributed by atoms with Crippen molar-refractivity contribution in [2.45, 2.75) is 179 Å². The molecule has 0 bridgehead atoms. The molecule has 0 aliphatic carbocycles. The minimum Gasteiger partial charge on any atom is -0.445 e. The third kappa shape index (κ3) is 16.6. The van der Waals surface area contributed by atoms with Crippen LogP contribution in [0.5, 0.6) is 0 Å². The molecular formula is C44H66Cl3N7O13. The lowest BCUT2D eigenvalue weighted by Gasteiger charge is -2.48. The fraction of sp³-hybridized carbons (Fsp3) is 0.795. The molecule has 4 fully saturated rings. The van der Waals surface area contributed by atoms with E-state index in [1.807, 2.05) is 71.9 Å². The van der Waals surface area contributed by atoms with Crippen molar-refractivity contribution in [3.8, 4) is 0 Å². The maximum Gasteiger partial charge on any atom is 0.373 e. The molecule has 4 aliphatic rings. The Kier molecular flexibility index (Phi) is 25.8. The zero-order valence-corrected chi connectivity index (χ0v) is 42.0. The number of alkyl halides is 3. The van der Waals surface area contributed by atoms with E-state index in [-0.39, 0.29) is 84.9 Å². The summed E-state index contributed by atoms with van der Waals surface area (Å²) >= 11 is 17.6. The normalized spacial score (nSPS) is 38.1. The zero-order valence-electron chi connectivity index (χ0n) is 39.7. The summed E-state index contributed by atoms with van der Waals surface area (Å²) in [7, 11) is 0. The summed E-state index contributed by atoms with van der Waals surface area (Å²) in [5, 5.41) is 26.0. The van der Waals surface area contributed by atoms with Gasteiger partial charge in [-0.2, -0.15) is 19.2 Å². The molecule has 1 aromatic carbocycles.